The summed E-state index contributed by atoms with van der Waals surface area (Å²) in [4.78, 5) is 35.8. The number of ether oxygens (including phenoxy) is 1. The van der Waals surface area contributed by atoms with Crippen molar-refractivity contribution in [2.45, 2.75) is 31.9 Å². The molecule has 3 rings (SSSR count). The summed E-state index contributed by atoms with van der Waals surface area (Å²) in [6.07, 6.45) is 1.49. The van der Waals surface area contributed by atoms with Gasteiger partial charge in [0.2, 0.25) is 0 Å². The van der Waals surface area contributed by atoms with Gasteiger partial charge in [-0.1, -0.05) is 18.2 Å². The number of carboxylic acid groups (broad SMARTS) is 1. The van der Waals surface area contributed by atoms with Crippen LogP contribution in [0, 0.1) is 17.0 Å². The van der Waals surface area contributed by atoms with Crippen LogP contribution in [-0.2, 0) is 10.2 Å². The molecule has 0 saturated heterocycles. The van der Waals surface area contributed by atoms with Crippen LogP contribution in [0.15, 0.2) is 48.2 Å². The van der Waals surface area contributed by atoms with Gasteiger partial charge in [0.1, 0.15) is 17.1 Å². The van der Waals surface area contributed by atoms with Crippen molar-refractivity contribution in [3.8, 4) is 5.75 Å². The van der Waals surface area contributed by atoms with Gasteiger partial charge in [0.05, 0.1) is 29.6 Å². The molecule has 10 heteroatoms. The van der Waals surface area contributed by atoms with Crippen LogP contribution in [-0.4, -0.2) is 47.8 Å². The molecule has 1 atom stereocenters. The van der Waals surface area contributed by atoms with E-state index in [2.05, 4.69) is 10.6 Å². The Kier molecular flexibility index (Phi) is 6.63. The average molecular weight is 471 g/mol. The molecule has 0 saturated carbocycles. The predicted octanol–water partition coefficient (Wildman–Crippen LogP) is 3.25. The second kappa shape index (κ2) is 9.12. The van der Waals surface area contributed by atoms with Gasteiger partial charge in [-0.2, -0.15) is 0 Å². The summed E-state index contributed by atoms with van der Waals surface area (Å²) in [5.41, 5.74) is -1.35. The number of carbonyl (C=O) groups excluding carboxylic acids is 1. The third-order valence-electron chi connectivity index (χ3n) is 5.70. The SMILES string of the molecule is COc1cccc(C2(c3ccc([N+](=O)[O-])cc3C)C=C(C(=O)O)NC2)c1C(=O)NCC(C)(C)F. The molecule has 34 heavy (non-hydrogen) atoms. The van der Waals surface area contributed by atoms with Crippen molar-refractivity contribution in [2.24, 2.45) is 0 Å². The number of non-ortho nitro benzene ring substituents is 1. The maximum Gasteiger partial charge on any atom is 0.351 e. The Labute approximate surface area is 195 Å². The number of rotatable bonds is 8. The second-order valence-corrected chi connectivity index (χ2v) is 8.73. The van der Waals surface area contributed by atoms with E-state index in [1.165, 1.54) is 39.2 Å². The molecule has 0 radical (unpaired) electrons. The fourth-order valence-corrected chi connectivity index (χ4v) is 4.16. The molecule has 0 fully saturated rings. The molecular formula is C24H26FN3O6. The van der Waals surface area contributed by atoms with E-state index in [-0.39, 0.29) is 35.8 Å². The fraction of sp³-hybridized carbons (Fsp3) is 0.333. The van der Waals surface area contributed by atoms with Crippen LogP contribution < -0.4 is 15.4 Å². The minimum atomic E-state index is -1.66. The van der Waals surface area contributed by atoms with E-state index in [4.69, 9.17) is 4.74 Å². The van der Waals surface area contributed by atoms with Gasteiger partial charge in [-0.25, -0.2) is 9.18 Å². The zero-order valence-electron chi connectivity index (χ0n) is 19.3. The van der Waals surface area contributed by atoms with Crippen molar-refractivity contribution >= 4 is 17.6 Å². The molecule has 1 unspecified atom stereocenters. The van der Waals surface area contributed by atoms with Gasteiger partial charge in [-0.15, -0.1) is 0 Å². The van der Waals surface area contributed by atoms with Gasteiger partial charge in [-0.3, -0.25) is 14.9 Å². The fourth-order valence-electron chi connectivity index (χ4n) is 4.16. The largest absolute Gasteiger partial charge is 0.496 e. The molecule has 3 N–H and O–H groups in total. The number of alkyl halides is 1. The number of hydrogen-bond acceptors (Lipinski definition) is 6. The Hall–Kier alpha value is -3.95. The first kappa shape index (κ1) is 24.7. The van der Waals surface area contributed by atoms with Gasteiger partial charge >= 0.3 is 5.97 Å². The number of nitro benzene ring substituents is 1. The number of nitrogens with zero attached hydrogens (tertiary/aromatic N) is 1. The van der Waals surface area contributed by atoms with Crippen LogP contribution in [0.4, 0.5) is 10.1 Å². The topological polar surface area (TPSA) is 131 Å². The lowest BCUT2D eigenvalue weighted by atomic mass is 9.71. The van der Waals surface area contributed by atoms with E-state index < -0.39 is 27.9 Å². The number of halogens is 1. The van der Waals surface area contributed by atoms with Crippen LogP contribution in [0.5, 0.6) is 5.75 Å². The number of carbonyl (C=O) groups is 2. The smallest absolute Gasteiger partial charge is 0.351 e. The number of nitrogens with one attached hydrogen (secondary N) is 2. The van der Waals surface area contributed by atoms with E-state index >= 15 is 0 Å². The number of methoxy groups -OCH3 is 1. The number of aryl methyl sites for hydroxylation is 1. The maximum absolute atomic E-state index is 14.1. The Morgan fingerprint density at radius 1 is 1.29 bits per heavy atom. The summed E-state index contributed by atoms with van der Waals surface area (Å²) < 4.78 is 19.5. The average Bonchev–Trinajstić information content (AvgIpc) is 3.23. The van der Waals surface area contributed by atoms with Crippen molar-refractivity contribution in [2.75, 3.05) is 20.2 Å². The minimum absolute atomic E-state index is 0.0724. The molecule has 1 amide bonds. The summed E-state index contributed by atoms with van der Waals surface area (Å²) >= 11 is 0. The van der Waals surface area contributed by atoms with E-state index in [1.54, 1.807) is 31.2 Å². The molecule has 1 aliphatic heterocycles. The maximum atomic E-state index is 14.1. The third kappa shape index (κ3) is 4.70. The Morgan fingerprint density at radius 3 is 2.53 bits per heavy atom. The monoisotopic (exact) mass is 471 g/mol. The number of nitro groups is 1. The van der Waals surface area contributed by atoms with E-state index in [0.717, 1.165) is 0 Å². The predicted molar refractivity (Wildman–Crippen MR) is 123 cm³/mol. The van der Waals surface area contributed by atoms with Crippen LogP contribution in [0.2, 0.25) is 0 Å². The van der Waals surface area contributed by atoms with E-state index in [9.17, 15) is 29.2 Å². The lowest BCUT2D eigenvalue weighted by Crippen LogP contribution is -2.39. The quantitative estimate of drug-likeness (QED) is 0.398. The number of amides is 1. The van der Waals surface area contributed by atoms with Gasteiger partial charge < -0.3 is 20.5 Å². The highest BCUT2D eigenvalue weighted by Crippen LogP contribution is 2.43. The van der Waals surface area contributed by atoms with Gasteiger partial charge in [0.15, 0.2) is 0 Å². The zero-order valence-corrected chi connectivity index (χ0v) is 19.3. The van der Waals surface area contributed by atoms with Gasteiger partial charge in [-0.05, 0) is 49.6 Å². The molecular weight excluding hydrogens is 445 g/mol. The third-order valence-corrected chi connectivity index (χ3v) is 5.70. The molecule has 0 bridgehead atoms. The van der Waals surface area contributed by atoms with Crippen molar-refractivity contribution in [3.05, 3.63) is 80.5 Å². The molecule has 0 aromatic heterocycles. The number of aliphatic carboxylic acids is 1. The minimum Gasteiger partial charge on any atom is -0.496 e. The molecule has 2 aromatic rings. The second-order valence-electron chi connectivity index (χ2n) is 8.73. The normalized spacial score (nSPS) is 17.5. The van der Waals surface area contributed by atoms with Crippen molar-refractivity contribution in [1.29, 1.82) is 0 Å². The highest BCUT2D eigenvalue weighted by molar-refractivity contribution is 5.99. The van der Waals surface area contributed by atoms with Crippen molar-refractivity contribution < 1.29 is 28.7 Å². The highest BCUT2D eigenvalue weighted by Gasteiger charge is 2.43. The zero-order chi connectivity index (χ0) is 25.3. The molecule has 180 valence electrons. The van der Waals surface area contributed by atoms with Gasteiger partial charge in [0, 0.05) is 18.7 Å². The Morgan fingerprint density at radius 2 is 2.00 bits per heavy atom. The summed E-state index contributed by atoms with van der Waals surface area (Å²) in [6.45, 7) is 4.18. The number of carboxylic acids is 1. The Bertz CT molecular complexity index is 1190. The molecule has 1 heterocycles. The molecule has 0 spiro atoms. The summed E-state index contributed by atoms with van der Waals surface area (Å²) in [6, 6.07) is 9.21. The van der Waals surface area contributed by atoms with Crippen LogP contribution in [0.1, 0.15) is 40.9 Å². The highest BCUT2D eigenvalue weighted by atomic mass is 19.1. The first-order valence-corrected chi connectivity index (χ1v) is 10.5. The van der Waals surface area contributed by atoms with E-state index in [1.807, 2.05) is 0 Å². The molecule has 1 aliphatic rings. The Balaban J connectivity index is 2.28. The molecule has 2 aromatic carbocycles. The van der Waals surface area contributed by atoms with Crippen LogP contribution in [0.3, 0.4) is 0 Å². The first-order valence-electron chi connectivity index (χ1n) is 10.5. The molecule has 9 nitrogen and oxygen atoms in total. The van der Waals surface area contributed by atoms with Crippen molar-refractivity contribution in [3.63, 3.8) is 0 Å². The van der Waals surface area contributed by atoms with E-state index in [0.29, 0.717) is 16.7 Å². The summed E-state index contributed by atoms with van der Waals surface area (Å²) in [5, 5.41) is 26.3. The number of benzene rings is 2. The summed E-state index contributed by atoms with van der Waals surface area (Å²) in [5.74, 6) is -1.55. The lowest BCUT2D eigenvalue weighted by Gasteiger charge is -2.32. The summed E-state index contributed by atoms with van der Waals surface area (Å²) in [7, 11) is 1.39. The molecule has 0 aliphatic carbocycles. The standard InChI is InChI=1S/C24H26FN3O6/c1-14-10-15(28(32)33)8-9-16(14)24(11-18(22(30)31)26-13-24)17-6-5-7-19(34-4)20(17)21(29)27-12-23(2,3)25/h5-11,26H,12-13H2,1-4H3,(H,27,29)(H,30,31). The first-order chi connectivity index (χ1) is 15.9. The van der Waals surface area contributed by atoms with Crippen LogP contribution >= 0.6 is 0 Å². The van der Waals surface area contributed by atoms with Crippen molar-refractivity contribution in [1.82, 2.24) is 10.6 Å². The van der Waals surface area contributed by atoms with Crippen LogP contribution in [0.25, 0.3) is 0 Å². The van der Waals surface area contributed by atoms with Gasteiger partial charge in [0.25, 0.3) is 11.6 Å². The number of hydrogen-bond donors (Lipinski definition) is 3. The lowest BCUT2D eigenvalue weighted by molar-refractivity contribution is -0.384.